The zero-order valence-electron chi connectivity index (χ0n) is 14.2. The molecular weight excluding hydrogens is 334 g/mol. The number of halogens is 1. The topological polar surface area (TPSA) is 49.6 Å². The highest BCUT2D eigenvalue weighted by atomic mass is 35.5. The molecule has 0 aromatic heterocycles. The van der Waals surface area contributed by atoms with Crippen LogP contribution < -0.4 is 15.5 Å². The summed E-state index contributed by atoms with van der Waals surface area (Å²) in [4.78, 5) is 17.4. The van der Waals surface area contributed by atoms with E-state index in [0.29, 0.717) is 0 Å². The maximum absolute atomic E-state index is 13.2. The van der Waals surface area contributed by atoms with Gasteiger partial charge in [0, 0.05) is 30.2 Å². The second kappa shape index (κ2) is 7.36. The first kappa shape index (κ1) is 17.6. The van der Waals surface area contributed by atoms with Crippen molar-refractivity contribution in [2.75, 3.05) is 28.6 Å². The molecule has 5 heteroatoms. The zero-order valence-corrected chi connectivity index (χ0v) is 15.0. The highest BCUT2D eigenvalue weighted by molar-refractivity contribution is 6.00. The van der Waals surface area contributed by atoms with Crippen molar-refractivity contribution in [3.8, 4) is 0 Å². The Morgan fingerprint density at radius 3 is 2.56 bits per heavy atom. The molecular formula is C20H24ClN3O. The quantitative estimate of drug-likeness (QED) is 0.835. The first-order valence-electron chi connectivity index (χ1n) is 8.76. The average molecular weight is 358 g/mol. The van der Waals surface area contributed by atoms with Crippen LogP contribution in [-0.2, 0) is 11.2 Å². The summed E-state index contributed by atoms with van der Waals surface area (Å²) in [6.45, 7) is 1.73. The predicted molar refractivity (Wildman–Crippen MR) is 106 cm³/mol. The van der Waals surface area contributed by atoms with Gasteiger partial charge in [-0.15, -0.1) is 12.4 Å². The minimum atomic E-state index is -0.0835. The molecule has 25 heavy (non-hydrogen) atoms. The molecule has 2 aliphatic heterocycles. The van der Waals surface area contributed by atoms with Crippen LogP contribution in [0.25, 0.3) is 0 Å². The van der Waals surface area contributed by atoms with Crippen molar-refractivity contribution >= 4 is 35.4 Å². The highest BCUT2D eigenvalue weighted by Crippen LogP contribution is 2.35. The lowest BCUT2D eigenvalue weighted by molar-refractivity contribution is -0.121. The molecule has 1 atom stereocenters. The Morgan fingerprint density at radius 2 is 1.76 bits per heavy atom. The van der Waals surface area contributed by atoms with Gasteiger partial charge in [-0.1, -0.05) is 24.3 Å². The van der Waals surface area contributed by atoms with E-state index in [2.05, 4.69) is 11.0 Å². The van der Waals surface area contributed by atoms with E-state index in [4.69, 9.17) is 5.73 Å². The number of rotatable bonds is 2. The minimum absolute atomic E-state index is 0. The number of nitrogens with two attached hydrogens (primary N) is 1. The van der Waals surface area contributed by atoms with Gasteiger partial charge in [0.15, 0.2) is 0 Å². The molecule has 0 aliphatic carbocycles. The zero-order chi connectivity index (χ0) is 16.5. The second-order valence-corrected chi connectivity index (χ2v) is 6.63. The number of amides is 1. The van der Waals surface area contributed by atoms with Gasteiger partial charge in [0.1, 0.15) is 6.04 Å². The van der Waals surface area contributed by atoms with Gasteiger partial charge < -0.3 is 15.5 Å². The van der Waals surface area contributed by atoms with Crippen molar-refractivity contribution < 1.29 is 4.79 Å². The number of para-hydroxylation sites is 1. The van der Waals surface area contributed by atoms with Crippen molar-refractivity contribution in [3.63, 3.8) is 0 Å². The van der Waals surface area contributed by atoms with Gasteiger partial charge in [-0.2, -0.15) is 0 Å². The lowest BCUT2D eigenvalue weighted by atomic mass is 9.95. The fourth-order valence-electron chi connectivity index (χ4n) is 4.01. The monoisotopic (exact) mass is 357 g/mol. The molecule has 0 bridgehead atoms. The predicted octanol–water partition coefficient (Wildman–Crippen LogP) is 3.64. The van der Waals surface area contributed by atoms with Crippen LogP contribution in [0, 0.1) is 0 Å². The number of carbonyl (C=O) groups is 1. The summed E-state index contributed by atoms with van der Waals surface area (Å²) >= 11 is 0. The Bertz CT molecular complexity index is 750. The van der Waals surface area contributed by atoms with Crippen molar-refractivity contribution in [1.82, 2.24) is 0 Å². The highest BCUT2D eigenvalue weighted by Gasteiger charge is 2.36. The van der Waals surface area contributed by atoms with Gasteiger partial charge in [0.2, 0.25) is 5.91 Å². The fourth-order valence-corrected chi connectivity index (χ4v) is 4.01. The van der Waals surface area contributed by atoms with Crippen LogP contribution in [0.1, 0.15) is 24.8 Å². The molecule has 1 fully saturated rings. The summed E-state index contributed by atoms with van der Waals surface area (Å²) in [6, 6.07) is 16.0. The summed E-state index contributed by atoms with van der Waals surface area (Å²) < 4.78 is 0. The molecule has 4 rings (SSSR count). The molecule has 0 saturated carbocycles. The number of piperidine rings is 1. The van der Waals surface area contributed by atoms with Crippen LogP contribution in [-0.4, -0.2) is 25.0 Å². The smallest absolute Gasteiger partial charge is 0.249 e. The van der Waals surface area contributed by atoms with E-state index in [1.807, 2.05) is 47.4 Å². The molecule has 1 amide bonds. The minimum Gasteiger partial charge on any atom is -0.398 e. The van der Waals surface area contributed by atoms with E-state index in [0.717, 1.165) is 55.8 Å². The van der Waals surface area contributed by atoms with Crippen molar-refractivity contribution in [2.24, 2.45) is 0 Å². The molecule has 132 valence electrons. The third-order valence-corrected chi connectivity index (χ3v) is 5.18. The van der Waals surface area contributed by atoms with Crippen LogP contribution in [0.5, 0.6) is 0 Å². The van der Waals surface area contributed by atoms with Gasteiger partial charge in [-0.05, 0) is 55.5 Å². The van der Waals surface area contributed by atoms with E-state index >= 15 is 0 Å². The number of hydrogen-bond donors (Lipinski definition) is 1. The van der Waals surface area contributed by atoms with E-state index in [1.54, 1.807) is 0 Å². The van der Waals surface area contributed by atoms with Crippen LogP contribution in [0.15, 0.2) is 48.5 Å². The average Bonchev–Trinajstić information content (AvgIpc) is 2.63. The molecule has 2 N–H and O–H groups in total. The Balaban J connectivity index is 0.00000182. The number of nitrogens with zero attached hydrogens (tertiary/aromatic N) is 2. The van der Waals surface area contributed by atoms with Crippen LogP contribution >= 0.6 is 12.4 Å². The normalized spacial score (nSPS) is 20.0. The number of benzene rings is 2. The number of fused-ring (bicyclic) bond motifs is 1. The number of nitrogen functional groups attached to an aromatic ring is 1. The fraction of sp³-hybridized carbons (Fsp3) is 0.350. The maximum atomic E-state index is 13.2. The largest absolute Gasteiger partial charge is 0.398 e. The molecule has 2 aliphatic rings. The summed E-state index contributed by atoms with van der Waals surface area (Å²) in [5.41, 5.74) is 10.4. The van der Waals surface area contributed by atoms with Crippen molar-refractivity contribution in [2.45, 2.75) is 31.7 Å². The van der Waals surface area contributed by atoms with Crippen LogP contribution in [0.4, 0.5) is 17.1 Å². The van der Waals surface area contributed by atoms with Gasteiger partial charge in [-0.25, -0.2) is 0 Å². The van der Waals surface area contributed by atoms with Gasteiger partial charge >= 0.3 is 0 Å². The Hall–Kier alpha value is -2.20. The lowest BCUT2D eigenvalue weighted by Crippen LogP contribution is -2.54. The van der Waals surface area contributed by atoms with E-state index in [9.17, 15) is 4.79 Å². The Labute approximate surface area is 155 Å². The number of hydrogen-bond acceptors (Lipinski definition) is 3. The first-order chi connectivity index (χ1) is 11.8. The van der Waals surface area contributed by atoms with Crippen LogP contribution in [0.3, 0.4) is 0 Å². The summed E-state index contributed by atoms with van der Waals surface area (Å²) in [5.74, 6) is 0.211. The molecule has 4 nitrogen and oxygen atoms in total. The van der Waals surface area contributed by atoms with Gasteiger partial charge in [0.05, 0.1) is 0 Å². The standard InChI is InChI=1S/C20H23N3O.ClH/c21-17-10-4-11-18-16(17)9-5-14-23(18)19-12-6-13-22(20(19)24)15-7-2-1-3-8-15;/h1-4,7-8,10-11,19H,5-6,9,12-14,21H2;1H. The summed E-state index contributed by atoms with van der Waals surface area (Å²) in [5, 5.41) is 0. The van der Waals surface area contributed by atoms with Gasteiger partial charge in [-0.3, -0.25) is 4.79 Å². The van der Waals surface area contributed by atoms with Gasteiger partial charge in [0.25, 0.3) is 0 Å². The lowest BCUT2D eigenvalue weighted by Gasteiger charge is -2.42. The maximum Gasteiger partial charge on any atom is 0.249 e. The van der Waals surface area contributed by atoms with E-state index in [-0.39, 0.29) is 24.4 Å². The Morgan fingerprint density at radius 1 is 0.960 bits per heavy atom. The third kappa shape index (κ3) is 3.19. The molecule has 2 heterocycles. The number of carbonyl (C=O) groups excluding carboxylic acids is 1. The molecule has 2 aromatic rings. The molecule has 1 unspecified atom stereocenters. The molecule has 2 aromatic carbocycles. The third-order valence-electron chi connectivity index (χ3n) is 5.18. The molecule has 0 spiro atoms. The Kier molecular flexibility index (Phi) is 5.19. The van der Waals surface area contributed by atoms with Crippen molar-refractivity contribution in [3.05, 3.63) is 54.1 Å². The first-order valence-corrected chi connectivity index (χ1v) is 8.76. The molecule has 0 radical (unpaired) electrons. The van der Waals surface area contributed by atoms with Crippen molar-refractivity contribution in [1.29, 1.82) is 0 Å². The van der Waals surface area contributed by atoms with E-state index < -0.39 is 0 Å². The summed E-state index contributed by atoms with van der Waals surface area (Å²) in [6.07, 6.45) is 3.99. The molecule has 1 saturated heterocycles. The van der Waals surface area contributed by atoms with Crippen LogP contribution in [0.2, 0.25) is 0 Å². The number of anilines is 3. The SMILES string of the molecule is Cl.Nc1cccc2c1CCCN2C1CCCN(c2ccccc2)C1=O. The summed E-state index contributed by atoms with van der Waals surface area (Å²) in [7, 11) is 0. The van der Waals surface area contributed by atoms with E-state index in [1.165, 1.54) is 5.56 Å². The second-order valence-electron chi connectivity index (χ2n) is 6.63.